The molecule has 5 rings (SSSR count). The Morgan fingerprint density at radius 3 is 2.62 bits per heavy atom. The van der Waals surface area contributed by atoms with E-state index in [0.29, 0.717) is 40.8 Å². The third kappa shape index (κ3) is 3.46. The van der Waals surface area contributed by atoms with Gasteiger partial charge in [0.15, 0.2) is 5.65 Å². The third-order valence-corrected chi connectivity index (χ3v) is 6.24. The zero-order valence-corrected chi connectivity index (χ0v) is 19.9. The molecular weight excluding hydrogens is 432 g/mol. The number of carbonyl (C=O) groups is 2. The second kappa shape index (κ2) is 8.13. The van der Waals surface area contributed by atoms with Gasteiger partial charge in [-0.25, -0.2) is 14.5 Å². The molecule has 0 saturated heterocycles. The van der Waals surface area contributed by atoms with Crippen LogP contribution in [-0.2, 0) is 11.2 Å². The summed E-state index contributed by atoms with van der Waals surface area (Å²) >= 11 is 0. The molecule has 1 aromatic carbocycles. The maximum Gasteiger partial charge on any atom is 0.337 e. The Labute approximate surface area is 197 Å². The number of anilines is 1. The number of nitrogens with zero attached hydrogens (tertiary/aromatic N) is 4. The molecule has 34 heavy (non-hydrogen) atoms. The predicted octanol–water partition coefficient (Wildman–Crippen LogP) is 4.88. The van der Waals surface area contributed by atoms with Crippen LogP contribution >= 0.6 is 0 Å². The second-order valence-electron chi connectivity index (χ2n) is 8.84. The normalized spacial score (nSPS) is 13.1. The molecule has 0 atom stereocenters. The van der Waals surface area contributed by atoms with Crippen molar-refractivity contribution in [3.05, 3.63) is 64.7 Å². The van der Waals surface area contributed by atoms with E-state index >= 15 is 0 Å². The molecule has 0 aliphatic carbocycles. The average Bonchev–Trinajstić information content (AvgIpc) is 3.52. The van der Waals surface area contributed by atoms with Crippen molar-refractivity contribution in [2.24, 2.45) is 0 Å². The molecule has 1 amide bonds. The largest absolute Gasteiger partial charge is 0.466 e. The van der Waals surface area contributed by atoms with E-state index in [1.807, 2.05) is 50.6 Å². The summed E-state index contributed by atoms with van der Waals surface area (Å²) < 4.78 is 12.4. The summed E-state index contributed by atoms with van der Waals surface area (Å²) in [5.74, 6) is 1.02. The second-order valence-corrected chi connectivity index (χ2v) is 8.84. The fraction of sp³-hybridized carbons (Fsp3) is 0.308. The molecule has 4 heterocycles. The minimum Gasteiger partial charge on any atom is -0.466 e. The molecule has 8 heteroatoms. The molecule has 3 aromatic heterocycles. The van der Waals surface area contributed by atoms with Crippen LogP contribution in [0.1, 0.15) is 57.7 Å². The Hall–Kier alpha value is -3.94. The molecule has 0 N–H and O–H groups in total. The molecule has 0 saturated carbocycles. The lowest BCUT2D eigenvalue weighted by molar-refractivity contribution is 0.0600. The van der Waals surface area contributed by atoms with E-state index in [2.05, 4.69) is 5.10 Å². The third-order valence-electron chi connectivity index (χ3n) is 6.24. The maximum atomic E-state index is 13.9. The highest BCUT2D eigenvalue weighted by Gasteiger charge is 2.29. The number of carbonyl (C=O) groups excluding carboxylic acids is 2. The fourth-order valence-electron chi connectivity index (χ4n) is 4.60. The van der Waals surface area contributed by atoms with E-state index in [9.17, 15) is 9.59 Å². The number of benzene rings is 1. The van der Waals surface area contributed by atoms with Gasteiger partial charge < -0.3 is 14.1 Å². The number of amides is 1. The number of aromatic nitrogens is 3. The van der Waals surface area contributed by atoms with Crippen molar-refractivity contribution in [1.82, 2.24) is 14.8 Å². The molecule has 4 aromatic rings. The quantitative estimate of drug-likeness (QED) is 0.405. The van der Waals surface area contributed by atoms with Crippen molar-refractivity contribution in [3.63, 3.8) is 0 Å². The van der Waals surface area contributed by atoms with Crippen molar-refractivity contribution >= 4 is 28.6 Å². The summed E-state index contributed by atoms with van der Waals surface area (Å²) in [6, 6.07) is 9.16. The number of methoxy groups -OCH3 is 1. The molecule has 1 aliphatic rings. The summed E-state index contributed by atoms with van der Waals surface area (Å²) in [4.78, 5) is 32.5. The summed E-state index contributed by atoms with van der Waals surface area (Å²) in [7, 11) is 1.36. The summed E-state index contributed by atoms with van der Waals surface area (Å²) in [6.45, 7) is 8.38. The number of rotatable bonds is 4. The molecule has 0 unspecified atom stereocenters. The summed E-state index contributed by atoms with van der Waals surface area (Å²) in [5.41, 5.74) is 4.96. The lowest BCUT2D eigenvalue weighted by Gasteiger charge is -2.19. The van der Waals surface area contributed by atoms with Crippen molar-refractivity contribution in [1.29, 1.82) is 0 Å². The lowest BCUT2D eigenvalue weighted by Crippen LogP contribution is -2.29. The number of aryl methyl sites for hydroxylation is 2. The molecule has 0 bridgehead atoms. The zero-order valence-electron chi connectivity index (χ0n) is 19.9. The van der Waals surface area contributed by atoms with Crippen LogP contribution in [0.2, 0.25) is 0 Å². The van der Waals surface area contributed by atoms with Crippen LogP contribution in [0.15, 0.2) is 40.9 Å². The van der Waals surface area contributed by atoms with E-state index in [1.54, 1.807) is 23.2 Å². The van der Waals surface area contributed by atoms with E-state index in [4.69, 9.17) is 14.1 Å². The fourth-order valence-corrected chi connectivity index (χ4v) is 4.60. The van der Waals surface area contributed by atoms with Gasteiger partial charge >= 0.3 is 5.97 Å². The van der Waals surface area contributed by atoms with Crippen LogP contribution < -0.4 is 4.90 Å². The molecule has 174 valence electrons. The number of hydrogen-bond acceptors (Lipinski definition) is 6. The molecule has 0 radical (unpaired) electrons. The van der Waals surface area contributed by atoms with Crippen molar-refractivity contribution in [2.45, 2.75) is 40.2 Å². The van der Waals surface area contributed by atoms with Gasteiger partial charge in [-0.1, -0.05) is 0 Å². The van der Waals surface area contributed by atoms with Gasteiger partial charge in [0.05, 0.1) is 35.5 Å². The first-order valence-corrected chi connectivity index (χ1v) is 11.3. The Morgan fingerprint density at radius 2 is 1.94 bits per heavy atom. The molecular formula is C26H26N4O4. The van der Waals surface area contributed by atoms with Crippen LogP contribution in [0.4, 0.5) is 5.69 Å². The number of hydrogen-bond donors (Lipinski definition) is 0. The Bertz CT molecular complexity index is 1450. The summed E-state index contributed by atoms with van der Waals surface area (Å²) in [6.07, 6.45) is 2.38. The highest BCUT2D eigenvalue weighted by Crippen LogP contribution is 2.34. The van der Waals surface area contributed by atoms with E-state index in [0.717, 1.165) is 28.3 Å². The molecule has 1 aliphatic heterocycles. The minimum absolute atomic E-state index is 0.0830. The van der Waals surface area contributed by atoms with E-state index < -0.39 is 0 Å². The Balaban J connectivity index is 1.64. The Morgan fingerprint density at radius 1 is 1.15 bits per heavy atom. The van der Waals surface area contributed by atoms with Crippen molar-refractivity contribution < 1.29 is 18.7 Å². The standard InChI is InChI=1S/C26H26N4O4/c1-14(2)30-24-21(13-27-30)20(12-22(28-24)19-10-15(3)34-16(19)4)25(31)29-9-8-17-11-18(26(32)33-5)6-7-23(17)29/h6-7,10-14H,8-9H2,1-5H3. The monoisotopic (exact) mass is 458 g/mol. The van der Waals surface area contributed by atoms with Crippen molar-refractivity contribution in [2.75, 3.05) is 18.6 Å². The average molecular weight is 459 g/mol. The number of furan rings is 1. The van der Waals surface area contributed by atoms with Gasteiger partial charge in [-0.2, -0.15) is 5.10 Å². The van der Waals surface area contributed by atoms with E-state index in [-0.39, 0.29) is 17.9 Å². The smallest absolute Gasteiger partial charge is 0.337 e. The molecule has 0 fully saturated rings. The highest BCUT2D eigenvalue weighted by atomic mass is 16.5. The Kier molecular flexibility index (Phi) is 5.23. The topological polar surface area (TPSA) is 90.5 Å². The first kappa shape index (κ1) is 21.9. The minimum atomic E-state index is -0.389. The van der Waals surface area contributed by atoms with Crippen LogP contribution in [0.5, 0.6) is 0 Å². The van der Waals surface area contributed by atoms with Gasteiger partial charge in [0.2, 0.25) is 0 Å². The SMILES string of the molecule is COC(=O)c1ccc2c(c1)CCN2C(=O)c1cc(-c2cc(C)oc2C)nc2c1cnn2C(C)C. The van der Waals surface area contributed by atoms with Crippen LogP contribution in [0.3, 0.4) is 0 Å². The zero-order chi connectivity index (χ0) is 24.1. The predicted molar refractivity (Wildman–Crippen MR) is 128 cm³/mol. The van der Waals surface area contributed by atoms with Gasteiger partial charge in [-0.3, -0.25) is 4.79 Å². The first-order valence-electron chi connectivity index (χ1n) is 11.3. The first-order chi connectivity index (χ1) is 16.3. The van der Waals surface area contributed by atoms with Gasteiger partial charge in [-0.05, 0) is 70.0 Å². The summed E-state index contributed by atoms with van der Waals surface area (Å²) in [5, 5.41) is 5.23. The van der Waals surface area contributed by atoms with Crippen molar-refractivity contribution in [3.8, 4) is 11.3 Å². The van der Waals surface area contributed by atoms with Crippen LogP contribution in [0.25, 0.3) is 22.3 Å². The van der Waals surface area contributed by atoms with Crippen LogP contribution in [-0.4, -0.2) is 40.3 Å². The lowest BCUT2D eigenvalue weighted by atomic mass is 10.1. The van der Waals surface area contributed by atoms with Gasteiger partial charge in [-0.15, -0.1) is 0 Å². The van der Waals surface area contributed by atoms with Crippen LogP contribution in [0, 0.1) is 13.8 Å². The number of ether oxygens (including phenoxy) is 1. The maximum absolute atomic E-state index is 13.9. The number of pyridine rings is 1. The number of esters is 1. The van der Waals surface area contributed by atoms with E-state index in [1.165, 1.54) is 7.11 Å². The molecule has 8 nitrogen and oxygen atoms in total. The van der Waals surface area contributed by atoms with Gasteiger partial charge in [0, 0.05) is 23.8 Å². The number of fused-ring (bicyclic) bond motifs is 2. The molecule has 0 spiro atoms. The van der Waals surface area contributed by atoms with Gasteiger partial charge in [0.25, 0.3) is 5.91 Å². The van der Waals surface area contributed by atoms with Gasteiger partial charge in [0.1, 0.15) is 11.5 Å². The highest BCUT2D eigenvalue weighted by molar-refractivity contribution is 6.14.